The lowest BCUT2D eigenvalue weighted by molar-refractivity contribution is -0.123. The number of hydrogen-bond acceptors (Lipinski definition) is 6. The molecule has 0 bridgehead atoms. The second-order valence-corrected chi connectivity index (χ2v) is 9.72. The van der Waals surface area contributed by atoms with Gasteiger partial charge in [-0.25, -0.2) is 4.79 Å². The van der Waals surface area contributed by atoms with Crippen molar-refractivity contribution in [3.8, 4) is 17.2 Å². The lowest BCUT2D eigenvalue weighted by Crippen LogP contribution is -2.51. The molecular weight excluding hydrogens is 478 g/mol. The minimum absolute atomic E-state index is 0.152. The van der Waals surface area contributed by atoms with E-state index in [1.165, 1.54) is 11.8 Å². The van der Waals surface area contributed by atoms with E-state index in [0.29, 0.717) is 36.0 Å². The highest BCUT2D eigenvalue weighted by atomic mass is 32.2. The first-order valence-electron chi connectivity index (χ1n) is 11.5. The molecule has 2 heterocycles. The molecule has 0 aromatic heterocycles. The number of fused-ring (bicyclic) bond motifs is 2. The van der Waals surface area contributed by atoms with Crippen LogP contribution in [0.5, 0.6) is 17.2 Å². The van der Waals surface area contributed by atoms with Gasteiger partial charge in [-0.3, -0.25) is 9.69 Å². The summed E-state index contributed by atoms with van der Waals surface area (Å²) in [4.78, 5) is 29.9. The van der Waals surface area contributed by atoms with Gasteiger partial charge < -0.3 is 24.4 Å². The Hall–Kier alpha value is -3.85. The summed E-state index contributed by atoms with van der Waals surface area (Å²) in [6.07, 6.45) is 0. The number of carbonyl (C=O) groups is 2. The molecule has 36 heavy (non-hydrogen) atoms. The van der Waals surface area contributed by atoms with Crippen molar-refractivity contribution >= 4 is 35.1 Å². The van der Waals surface area contributed by atoms with Crippen molar-refractivity contribution in [1.82, 2.24) is 4.90 Å². The smallest absolute Gasteiger partial charge is 0.323 e. The van der Waals surface area contributed by atoms with Crippen molar-refractivity contribution in [2.24, 2.45) is 0 Å². The van der Waals surface area contributed by atoms with Crippen LogP contribution in [0, 0.1) is 0 Å². The number of rotatable bonds is 6. The third-order valence-corrected chi connectivity index (χ3v) is 7.88. The fraction of sp³-hybridized carbons (Fsp3) is 0.259. The average molecular weight is 506 g/mol. The number of benzene rings is 3. The van der Waals surface area contributed by atoms with Gasteiger partial charge in [0.05, 0.1) is 33.6 Å². The SMILES string of the molecule is COc1ccc(NC(=O)N2CCSC23C(=O)N(Cc2cccc(OC)c2)c2ccc(OC)cc23)cc1. The highest BCUT2D eigenvalue weighted by molar-refractivity contribution is 8.01. The number of thioether (sulfide) groups is 1. The molecule has 1 unspecified atom stereocenters. The van der Waals surface area contributed by atoms with Crippen LogP contribution in [0.1, 0.15) is 11.1 Å². The van der Waals surface area contributed by atoms with Crippen LogP contribution in [0.25, 0.3) is 0 Å². The molecule has 1 saturated heterocycles. The molecule has 0 radical (unpaired) electrons. The van der Waals surface area contributed by atoms with Gasteiger partial charge in [0.15, 0.2) is 4.87 Å². The Labute approximate surface area is 214 Å². The lowest BCUT2D eigenvalue weighted by Gasteiger charge is -2.33. The van der Waals surface area contributed by atoms with Gasteiger partial charge in [-0.15, -0.1) is 11.8 Å². The largest absolute Gasteiger partial charge is 0.497 e. The summed E-state index contributed by atoms with van der Waals surface area (Å²) < 4.78 is 16.1. The summed E-state index contributed by atoms with van der Waals surface area (Å²) in [6.45, 7) is 0.785. The molecule has 2 aliphatic heterocycles. The number of hydrogen-bond donors (Lipinski definition) is 1. The van der Waals surface area contributed by atoms with Gasteiger partial charge in [-0.1, -0.05) is 12.1 Å². The average Bonchev–Trinajstić information content (AvgIpc) is 3.46. The molecule has 3 aromatic carbocycles. The molecule has 2 aliphatic rings. The Kier molecular flexibility index (Phi) is 6.40. The van der Waals surface area contributed by atoms with Crippen LogP contribution in [-0.4, -0.2) is 50.5 Å². The molecule has 1 spiro atoms. The van der Waals surface area contributed by atoms with Gasteiger partial charge in [0.2, 0.25) is 0 Å². The highest BCUT2D eigenvalue weighted by Gasteiger charge is 2.59. The van der Waals surface area contributed by atoms with Crippen molar-refractivity contribution in [2.45, 2.75) is 11.4 Å². The summed E-state index contributed by atoms with van der Waals surface area (Å²) in [5.41, 5.74) is 3.07. The fourth-order valence-corrected chi connectivity index (χ4v) is 6.15. The summed E-state index contributed by atoms with van der Waals surface area (Å²) >= 11 is 1.47. The van der Waals surface area contributed by atoms with E-state index in [1.54, 1.807) is 55.4 Å². The van der Waals surface area contributed by atoms with Crippen molar-refractivity contribution in [1.29, 1.82) is 0 Å². The standard InChI is InChI=1S/C27H27N3O5S/c1-33-20-9-7-19(8-10-20)28-26(32)30-13-14-36-27(30)23-16-22(35-3)11-12-24(23)29(25(27)31)17-18-5-4-6-21(15-18)34-2/h4-12,15-16H,13-14,17H2,1-3H3,(H,28,32). The summed E-state index contributed by atoms with van der Waals surface area (Å²) in [6, 6.07) is 20.0. The zero-order valence-corrected chi connectivity index (χ0v) is 21.1. The molecule has 0 saturated carbocycles. The van der Waals surface area contributed by atoms with Crippen LogP contribution in [0.3, 0.4) is 0 Å². The maximum atomic E-state index is 14.2. The Bertz CT molecular complexity index is 1300. The number of carbonyl (C=O) groups excluding carboxylic acids is 2. The molecule has 1 atom stereocenters. The van der Waals surface area contributed by atoms with Crippen LogP contribution in [-0.2, 0) is 16.2 Å². The molecule has 8 nitrogen and oxygen atoms in total. The third-order valence-electron chi connectivity index (χ3n) is 6.46. The van der Waals surface area contributed by atoms with Crippen LogP contribution in [0.15, 0.2) is 66.7 Å². The molecular formula is C27H27N3O5S. The maximum absolute atomic E-state index is 14.2. The van der Waals surface area contributed by atoms with E-state index < -0.39 is 4.87 Å². The maximum Gasteiger partial charge on any atom is 0.323 e. The first-order valence-corrected chi connectivity index (χ1v) is 12.5. The molecule has 186 valence electrons. The zero-order valence-electron chi connectivity index (χ0n) is 20.3. The Morgan fingerprint density at radius 1 is 0.944 bits per heavy atom. The van der Waals surface area contributed by atoms with E-state index in [0.717, 1.165) is 22.6 Å². The minimum atomic E-state index is -1.18. The quantitative estimate of drug-likeness (QED) is 0.524. The zero-order chi connectivity index (χ0) is 25.3. The number of methoxy groups -OCH3 is 3. The number of ether oxygens (including phenoxy) is 3. The number of amides is 3. The minimum Gasteiger partial charge on any atom is -0.497 e. The van der Waals surface area contributed by atoms with Gasteiger partial charge in [-0.05, 0) is 60.2 Å². The van der Waals surface area contributed by atoms with Gasteiger partial charge >= 0.3 is 6.03 Å². The number of nitrogens with one attached hydrogen (secondary N) is 1. The Morgan fingerprint density at radius 3 is 2.36 bits per heavy atom. The highest BCUT2D eigenvalue weighted by Crippen LogP contribution is 2.55. The van der Waals surface area contributed by atoms with Gasteiger partial charge in [-0.2, -0.15) is 0 Å². The van der Waals surface area contributed by atoms with Crippen molar-refractivity contribution in [2.75, 3.05) is 43.8 Å². The number of anilines is 2. The van der Waals surface area contributed by atoms with E-state index in [-0.39, 0.29) is 11.9 Å². The molecule has 3 aromatic rings. The lowest BCUT2D eigenvalue weighted by atomic mass is 10.1. The van der Waals surface area contributed by atoms with Crippen molar-refractivity contribution in [3.05, 3.63) is 77.9 Å². The number of urea groups is 1. The number of nitrogens with zero attached hydrogens (tertiary/aromatic N) is 2. The predicted molar refractivity (Wildman–Crippen MR) is 140 cm³/mol. The van der Waals surface area contributed by atoms with E-state index in [4.69, 9.17) is 14.2 Å². The summed E-state index contributed by atoms with van der Waals surface area (Å²) in [5, 5.41) is 2.95. The van der Waals surface area contributed by atoms with Crippen molar-refractivity contribution in [3.63, 3.8) is 0 Å². The van der Waals surface area contributed by atoms with Crippen LogP contribution in [0.2, 0.25) is 0 Å². The first kappa shape index (κ1) is 23.9. The van der Waals surface area contributed by atoms with Crippen LogP contribution in [0.4, 0.5) is 16.2 Å². The van der Waals surface area contributed by atoms with Gasteiger partial charge in [0.1, 0.15) is 17.2 Å². The fourth-order valence-electron chi connectivity index (χ4n) is 4.70. The summed E-state index contributed by atoms with van der Waals surface area (Å²) in [5.74, 6) is 2.53. The Morgan fingerprint density at radius 2 is 1.64 bits per heavy atom. The molecule has 5 rings (SSSR count). The monoisotopic (exact) mass is 505 g/mol. The normalized spacial score (nSPS) is 18.4. The van der Waals surface area contributed by atoms with Gasteiger partial charge in [0, 0.05) is 23.5 Å². The summed E-state index contributed by atoms with van der Waals surface area (Å²) in [7, 11) is 4.80. The molecule has 3 amide bonds. The van der Waals surface area contributed by atoms with E-state index in [1.807, 2.05) is 42.5 Å². The Balaban J connectivity index is 1.51. The molecule has 1 N–H and O–H groups in total. The van der Waals surface area contributed by atoms with E-state index in [9.17, 15) is 9.59 Å². The van der Waals surface area contributed by atoms with Crippen molar-refractivity contribution < 1.29 is 23.8 Å². The second kappa shape index (κ2) is 9.66. The predicted octanol–water partition coefficient (Wildman–Crippen LogP) is 4.69. The van der Waals surface area contributed by atoms with Gasteiger partial charge in [0.25, 0.3) is 5.91 Å². The van der Waals surface area contributed by atoms with E-state index >= 15 is 0 Å². The third kappa shape index (κ3) is 3.99. The first-order chi connectivity index (χ1) is 17.5. The molecule has 1 fully saturated rings. The van der Waals surface area contributed by atoms with E-state index in [2.05, 4.69) is 5.32 Å². The second-order valence-electron chi connectivity index (χ2n) is 8.43. The topological polar surface area (TPSA) is 80.3 Å². The molecule has 0 aliphatic carbocycles. The van der Waals surface area contributed by atoms with Crippen LogP contribution < -0.4 is 24.4 Å². The van der Waals surface area contributed by atoms with Crippen LogP contribution >= 0.6 is 11.8 Å². The molecule has 9 heteroatoms.